The maximum Gasteiger partial charge on any atom is 0.254 e. The normalized spacial score (nSPS) is 14.1. The fourth-order valence-electron chi connectivity index (χ4n) is 3.60. The van der Waals surface area contributed by atoms with E-state index in [9.17, 15) is 9.59 Å². The molecule has 0 unspecified atom stereocenters. The Hall–Kier alpha value is -3.48. The molecular formula is C23H24N4O3. The van der Waals surface area contributed by atoms with Crippen molar-refractivity contribution in [3.05, 3.63) is 65.0 Å². The minimum atomic E-state index is -0.0505. The van der Waals surface area contributed by atoms with Gasteiger partial charge in [0.1, 0.15) is 5.75 Å². The Morgan fingerprint density at radius 1 is 0.800 bits per heavy atom. The third kappa shape index (κ3) is 3.83. The Bertz CT molecular complexity index is 1120. The van der Waals surface area contributed by atoms with Gasteiger partial charge in [0.2, 0.25) is 0 Å². The predicted octanol–water partition coefficient (Wildman–Crippen LogP) is 2.85. The largest absolute Gasteiger partial charge is 0.497 e. The first-order valence-corrected chi connectivity index (χ1v) is 9.94. The summed E-state index contributed by atoms with van der Waals surface area (Å²) in [6.07, 6.45) is 0. The molecule has 0 atom stereocenters. The van der Waals surface area contributed by atoms with Crippen LogP contribution in [0.2, 0.25) is 0 Å². The molecule has 4 rings (SSSR count). The number of aromatic nitrogens is 2. The molecule has 1 fully saturated rings. The lowest BCUT2D eigenvalue weighted by molar-refractivity contribution is 0.0535. The molecule has 7 heteroatoms. The summed E-state index contributed by atoms with van der Waals surface area (Å²) in [7, 11) is 1.58. The van der Waals surface area contributed by atoms with E-state index in [1.807, 2.05) is 26.0 Å². The first kappa shape index (κ1) is 19.8. The molecule has 30 heavy (non-hydrogen) atoms. The Morgan fingerprint density at radius 2 is 1.37 bits per heavy atom. The lowest BCUT2D eigenvalue weighted by Gasteiger charge is -2.35. The van der Waals surface area contributed by atoms with Crippen LogP contribution < -0.4 is 4.74 Å². The SMILES string of the molecule is COc1cccc(C(=O)N2CCN(C(=O)c3ccc4nc(C)c(C)nc4c3)CC2)c1. The summed E-state index contributed by atoms with van der Waals surface area (Å²) in [5.74, 6) is 0.553. The third-order valence-corrected chi connectivity index (χ3v) is 5.49. The molecule has 2 amide bonds. The molecule has 0 radical (unpaired) electrons. The molecule has 2 aromatic carbocycles. The highest BCUT2D eigenvalue weighted by atomic mass is 16.5. The maximum absolute atomic E-state index is 13.0. The van der Waals surface area contributed by atoms with Crippen LogP contribution in [0.3, 0.4) is 0 Å². The number of piperazine rings is 1. The second-order valence-corrected chi connectivity index (χ2v) is 7.41. The highest BCUT2D eigenvalue weighted by Gasteiger charge is 2.26. The third-order valence-electron chi connectivity index (χ3n) is 5.49. The molecule has 1 aliphatic heterocycles. The molecule has 3 aromatic rings. The van der Waals surface area contributed by atoms with Crippen molar-refractivity contribution in [3.8, 4) is 5.75 Å². The Labute approximate surface area is 175 Å². The van der Waals surface area contributed by atoms with Crippen LogP contribution in [0.4, 0.5) is 0 Å². The van der Waals surface area contributed by atoms with Gasteiger partial charge in [-0.05, 0) is 50.2 Å². The van der Waals surface area contributed by atoms with E-state index < -0.39 is 0 Å². The molecule has 0 spiro atoms. The summed E-state index contributed by atoms with van der Waals surface area (Å²) < 4.78 is 5.20. The average Bonchev–Trinajstić information content (AvgIpc) is 2.78. The Kier molecular flexibility index (Phi) is 5.35. The summed E-state index contributed by atoms with van der Waals surface area (Å²) in [6, 6.07) is 12.6. The van der Waals surface area contributed by atoms with Crippen LogP contribution in [0, 0.1) is 13.8 Å². The number of ether oxygens (including phenoxy) is 1. The van der Waals surface area contributed by atoms with Crippen molar-refractivity contribution in [3.63, 3.8) is 0 Å². The Balaban J connectivity index is 1.44. The van der Waals surface area contributed by atoms with Crippen LogP contribution >= 0.6 is 0 Å². The topological polar surface area (TPSA) is 75.6 Å². The first-order chi connectivity index (χ1) is 14.5. The summed E-state index contributed by atoms with van der Waals surface area (Å²) in [4.78, 5) is 38.4. The number of nitrogens with zero attached hydrogens (tertiary/aromatic N) is 4. The predicted molar refractivity (Wildman–Crippen MR) is 114 cm³/mol. The maximum atomic E-state index is 13.0. The molecule has 0 N–H and O–H groups in total. The number of hydrogen-bond acceptors (Lipinski definition) is 5. The van der Waals surface area contributed by atoms with Gasteiger partial charge in [-0.1, -0.05) is 6.07 Å². The van der Waals surface area contributed by atoms with Gasteiger partial charge in [-0.15, -0.1) is 0 Å². The van der Waals surface area contributed by atoms with E-state index in [1.54, 1.807) is 47.2 Å². The highest BCUT2D eigenvalue weighted by Crippen LogP contribution is 2.18. The number of amides is 2. The van der Waals surface area contributed by atoms with Gasteiger partial charge >= 0.3 is 0 Å². The summed E-state index contributed by atoms with van der Waals surface area (Å²) in [6.45, 7) is 5.80. The quantitative estimate of drug-likeness (QED) is 0.671. The fourth-order valence-corrected chi connectivity index (χ4v) is 3.60. The molecule has 0 aliphatic carbocycles. The average molecular weight is 404 g/mol. The summed E-state index contributed by atoms with van der Waals surface area (Å²) in [5.41, 5.74) is 4.43. The Morgan fingerprint density at radius 3 is 1.97 bits per heavy atom. The van der Waals surface area contributed by atoms with Crippen molar-refractivity contribution in [1.82, 2.24) is 19.8 Å². The van der Waals surface area contributed by atoms with E-state index in [0.29, 0.717) is 43.1 Å². The van der Waals surface area contributed by atoms with Gasteiger partial charge in [-0.2, -0.15) is 0 Å². The first-order valence-electron chi connectivity index (χ1n) is 9.94. The zero-order chi connectivity index (χ0) is 21.3. The second kappa shape index (κ2) is 8.10. The molecule has 7 nitrogen and oxygen atoms in total. The van der Waals surface area contributed by atoms with E-state index >= 15 is 0 Å². The number of aryl methyl sites for hydroxylation is 2. The monoisotopic (exact) mass is 404 g/mol. The lowest BCUT2D eigenvalue weighted by Crippen LogP contribution is -2.50. The molecule has 1 aliphatic rings. The van der Waals surface area contributed by atoms with Gasteiger partial charge < -0.3 is 14.5 Å². The minimum Gasteiger partial charge on any atom is -0.497 e. The van der Waals surface area contributed by atoms with Crippen LogP contribution in [0.15, 0.2) is 42.5 Å². The number of fused-ring (bicyclic) bond motifs is 1. The van der Waals surface area contributed by atoms with Crippen molar-refractivity contribution in [2.75, 3.05) is 33.3 Å². The number of carbonyl (C=O) groups excluding carboxylic acids is 2. The number of rotatable bonds is 3. The van der Waals surface area contributed by atoms with Crippen LogP contribution in [0.1, 0.15) is 32.1 Å². The summed E-state index contributed by atoms with van der Waals surface area (Å²) in [5, 5.41) is 0. The van der Waals surface area contributed by atoms with Gasteiger partial charge in [0.05, 0.1) is 29.5 Å². The summed E-state index contributed by atoms with van der Waals surface area (Å²) >= 11 is 0. The van der Waals surface area contributed by atoms with E-state index in [-0.39, 0.29) is 11.8 Å². The van der Waals surface area contributed by atoms with Crippen molar-refractivity contribution in [2.45, 2.75) is 13.8 Å². The van der Waals surface area contributed by atoms with Crippen molar-refractivity contribution < 1.29 is 14.3 Å². The van der Waals surface area contributed by atoms with E-state index in [4.69, 9.17) is 4.74 Å². The van der Waals surface area contributed by atoms with E-state index in [1.165, 1.54) is 0 Å². The molecule has 154 valence electrons. The van der Waals surface area contributed by atoms with Crippen molar-refractivity contribution in [1.29, 1.82) is 0 Å². The fraction of sp³-hybridized carbons (Fsp3) is 0.304. The van der Waals surface area contributed by atoms with E-state index in [0.717, 1.165) is 22.4 Å². The van der Waals surface area contributed by atoms with E-state index in [2.05, 4.69) is 9.97 Å². The van der Waals surface area contributed by atoms with Gasteiger partial charge in [0.15, 0.2) is 0 Å². The van der Waals surface area contributed by atoms with Gasteiger partial charge in [-0.3, -0.25) is 9.59 Å². The number of hydrogen-bond donors (Lipinski definition) is 0. The molecule has 2 heterocycles. The zero-order valence-corrected chi connectivity index (χ0v) is 17.4. The molecule has 0 saturated carbocycles. The van der Waals surface area contributed by atoms with Gasteiger partial charge in [-0.25, -0.2) is 9.97 Å². The van der Waals surface area contributed by atoms with Crippen molar-refractivity contribution in [2.24, 2.45) is 0 Å². The van der Waals surface area contributed by atoms with Crippen LogP contribution in [-0.2, 0) is 0 Å². The number of benzene rings is 2. The van der Waals surface area contributed by atoms with Crippen LogP contribution in [0.5, 0.6) is 5.75 Å². The van der Waals surface area contributed by atoms with Gasteiger partial charge in [0.25, 0.3) is 11.8 Å². The highest BCUT2D eigenvalue weighted by molar-refractivity contribution is 5.98. The van der Waals surface area contributed by atoms with Crippen molar-refractivity contribution >= 4 is 22.8 Å². The molecular weight excluding hydrogens is 380 g/mol. The van der Waals surface area contributed by atoms with Gasteiger partial charge in [0, 0.05) is 37.3 Å². The molecule has 0 bridgehead atoms. The number of carbonyl (C=O) groups is 2. The second-order valence-electron chi connectivity index (χ2n) is 7.41. The zero-order valence-electron chi connectivity index (χ0n) is 17.4. The number of methoxy groups -OCH3 is 1. The molecule has 1 aromatic heterocycles. The minimum absolute atomic E-state index is 0.0483. The smallest absolute Gasteiger partial charge is 0.254 e. The van der Waals surface area contributed by atoms with Crippen LogP contribution in [-0.4, -0.2) is 64.9 Å². The lowest BCUT2D eigenvalue weighted by atomic mass is 10.1. The molecule has 1 saturated heterocycles. The standard InChI is InChI=1S/C23H24N4O3/c1-15-16(2)25-21-14-18(7-8-20(21)24-15)23(29)27-11-9-26(10-12-27)22(28)17-5-4-6-19(13-17)30-3/h4-8,13-14H,9-12H2,1-3H3. The van der Waals surface area contributed by atoms with Crippen LogP contribution in [0.25, 0.3) is 11.0 Å².